The van der Waals surface area contributed by atoms with Gasteiger partial charge in [0, 0.05) is 25.7 Å². The largest absolute Gasteiger partial charge is 0.312 e. The van der Waals surface area contributed by atoms with Gasteiger partial charge in [-0.3, -0.25) is 0 Å². The summed E-state index contributed by atoms with van der Waals surface area (Å²) in [5, 5.41) is 3.18. The first-order valence-corrected chi connectivity index (χ1v) is 6.33. The van der Waals surface area contributed by atoms with Gasteiger partial charge in [-0.2, -0.15) is 4.31 Å². The number of hydrogen-bond acceptors (Lipinski definition) is 3. The lowest BCUT2D eigenvalue weighted by atomic mass is 10.3. The maximum atomic E-state index is 11.8. The van der Waals surface area contributed by atoms with Crippen LogP contribution in [0.3, 0.4) is 0 Å². The molecule has 2 rings (SSSR count). The van der Waals surface area contributed by atoms with E-state index < -0.39 is 10.0 Å². The Bertz CT molecular complexity index is 285. The molecule has 0 aromatic carbocycles. The van der Waals surface area contributed by atoms with Gasteiger partial charge in [0.05, 0.1) is 5.25 Å². The van der Waals surface area contributed by atoms with E-state index in [-0.39, 0.29) is 5.25 Å². The van der Waals surface area contributed by atoms with Gasteiger partial charge >= 0.3 is 0 Å². The summed E-state index contributed by atoms with van der Waals surface area (Å²) in [6.07, 6.45) is 1.72. The number of nitrogens with zero attached hydrogens (tertiary/aromatic N) is 1. The number of rotatable bonds is 2. The van der Waals surface area contributed by atoms with Crippen LogP contribution in [0.5, 0.6) is 0 Å². The molecule has 2 fully saturated rings. The van der Waals surface area contributed by atoms with Crippen LogP contribution in [-0.4, -0.2) is 43.6 Å². The predicted octanol–water partition coefficient (Wildman–Crippen LogP) is -0.228. The molecule has 0 bridgehead atoms. The van der Waals surface area contributed by atoms with Crippen LogP contribution in [0.4, 0.5) is 0 Å². The fourth-order valence-electron chi connectivity index (χ4n) is 1.70. The van der Waals surface area contributed by atoms with Crippen LogP contribution in [0.15, 0.2) is 0 Å². The van der Waals surface area contributed by atoms with Crippen molar-refractivity contribution < 1.29 is 8.42 Å². The van der Waals surface area contributed by atoms with Gasteiger partial charge in [-0.15, -0.1) is 0 Å². The van der Waals surface area contributed by atoms with Gasteiger partial charge in [0.25, 0.3) is 0 Å². The summed E-state index contributed by atoms with van der Waals surface area (Å²) in [5.74, 6) is 0. The fraction of sp³-hybridized carbons (Fsp3) is 1.00. The molecule has 1 atom stereocenters. The molecule has 76 valence electrons. The lowest BCUT2D eigenvalue weighted by molar-refractivity contribution is 0.310. The molecule has 1 saturated carbocycles. The SMILES string of the molecule is C[C@@H]1CN(S(=O)(=O)C2CC2)CCN1. The second-order valence-electron chi connectivity index (χ2n) is 3.96. The monoisotopic (exact) mass is 204 g/mol. The Labute approximate surface area is 79.4 Å². The van der Waals surface area contributed by atoms with E-state index in [1.807, 2.05) is 6.92 Å². The van der Waals surface area contributed by atoms with Gasteiger partial charge < -0.3 is 5.32 Å². The van der Waals surface area contributed by atoms with E-state index in [4.69, 9.17) is 0 Å². The van der Waals surface area contributed by atoms with Gasteiger partial charge in [-0.1, -0.05) is 0 Å². The highest BCUT2D eigenvalue weighted by atomic mass is 32.2. The molecule has 4 nitrogen and oxygen atoms in total. The lowest BCUT2D eigenvalue weighted by Crippen LogP contribution is -2.52. The fourth-order valence-corrected chi connectivity index (χ4v) is 3.64. The van der Waals surface area contributed by atoms with Crippen molar-refractivity contribution in [2.75, 3.05) is 19.6 Å². The van der Waals surface area contributed by atoms with E-state index in [0.717, 1.165) is 19.4 Å². The predicted molar refractivity (Wildman–Crippen MR) is 51.0 cm³/mol. The molecule has 0 unspecified atom stereocenters. The zero-order valence-electron chi connectivity index (χ0n) is 7.86. The molecule has 5 heteroatoms. The van der Waals surface area contributed by atoms with Crippen molar-refractivity contribution in [2.45, 2.75) is 31.1 Å². The maximum absolute atomic E-state index is 11.8. The van der Waals surface area contributed by atoms with E-state index >= 15 is 0 Å². The minimum Gasteiger partial charge on any atom is -0.312 e. The Balaban J connectivity index is 2.06. The molecule has 1 saturated heterocycles. The molecular formula is C8H16N2O2S. The minimum absolute atomic E-state index is 0.0576. The van der Waals surface area contributed by atoms with Gasteiger partial charge in [-0.25, -0.2) is 8.42 Å². The second-order valence-corrected chi connectivity index (χ2v) is 6.17. The van der Waals surface area contributed by atoms with Crippen LogP contribution in [0.25, 0.3) is 0 Å². The summed E-state index contributed by atoms with van der Waals surface area (Å²) in [5.41, 5.74) is 0. The molecule has 0 amide bonds. The van der Waals surface area contributed by atoms with Crippen molar-refractivity contribution in [3.8, 4) is 0 Å². The second kappa shape index (κ2) is 3.22. The summed E-state index contributed by atoms with van der Waals surface area (Å²) >= 11 is 0. The van der Waals surface area contributed by atoms with E-state index in [1.54, 1.807) is 4.31 Å². The molecule has 2 aliphatic rings. The average molecular weight is 204 g/mol. The van der Waals surface area contributed by atoms with Crippen LogP contribution in [0, 0.1) is 0 Å². The number of hydrogen-bond donors (Lipinski definition) is 1. The van der Waals surface area contributed by atoms with Crippen LogP contribution in [0.2, 0.25) is 0 Å². The first-order chi connectivity index (χ1) is 6.10. The average Bonchev–Trinajstić information content (AvgIpc) is 2.86. The molecular weight excluding hydrogens is 188 g/mol. The standard InChI is InChI=1S/C8H16N2O2S/c1-7-6-10(5-4-9-7)13(11,12)8-2-3-8/h7-9H,2-6H2,1H3/t7-/m1/s1. The van der Waals surface area contributed by atoms with Gasteiger partial charge in [0.1, 0.15) is 0 Å². The molecule has 0 radical (unpaired) electrons. The third-order valence-corrected chi connectivity index (χ3v) is 5.00. The van der Waals surface area contributed by atoms with Crippen molar-refractivity contribution >= 4 is 10.0 Å². The molecule has 0 aromatic heterocycles. The number of nitrogens with one attached hydrogen (secondary N) is 1. The normalized spacial score (nSPS) is 31.9. The molecule has 1 N–H and O–H groups in total. The van der Waals surface area contributed by atoms with E-state index in [1.165, 1.54) is 0 Å². The first kappa shape index (κ1) is 9.43. The van der Waals surface area contributed by atoms with Crippen molar-refractivity contribution in [1.82, 2.24) is 9.62 Å². The topological polar surface area (TPSA) is 49.4 Å². The van der Waals surface area contributed by atoms with Gasteiger partial charge in [0.15, 0.2) is 0 Å². The van der Waals surface area contributed by atoms with Crippen LogP contribution in [0.1, 0.15) is 19.8 Å². The van der Waals surface area contributed by atoms with Crippen molar-refractivity contribution in [2.24, 2.45) is 0 Å². The molecule has 13 heavy (non-hydrogen) atoms. The third kappa shape index (κ3) is 1.87. The summed E-state index contributed by atoms with van der Waals surface area (Å²) in [6.45, 7) is 4.09. The molecule has 0 aromatic rings. The Morgan fingerprint density at radius 2 is 2.08 bits per heavy atom. The quantitative estimate of drug-likeness (QED) is 0.676. The lowest BCUT2D eigenvalue weighted by Gasteiger charge is -2.30. The highest BCUT2D eigenvalue weighted by Gasteiger charge is 2.40. The summed E-state index contributed by atoms with van der Waals surface area (Å²) in [4.78, 5) is 0. The van der Waals surface area contributed by atoms with E-state index in [0.29, 0.717) is 19.1 Å². The highest BCUT2D eigenvalue weighted by molar-refractivity contribution is 7.90. The third-order valence-electron chi connectivity index (χ3n) is 2.64. The van der Waals surface area contributed by atoms with Gasteiger partial charge in [0.2, 0.25) is 10.0 Å². The maximum Gasteiger partial charge on any atom is 0.217 e. The Kier molecular flexibility index (Phi) is 2.33. The molecule has 0 spiro atoms. The van der Waals surface area contributed by atoms with Gasteiger partial charge in [-0.05, 0) is 19.8 Å². The van der Waals surface area contributed by atoms with Crippen molar-refractivity contribution in [1.29, 1.82) is 0 Å². The zero-order chi connectivity index (χ0) is 9.47. The van der Waals surface area contributed by atoms with Crippen LogP contribution < -0.4 is 5.32 Å². The first-order valence-electron chi connectivity index (χ1n) is 4.83. The van der Waals surface area contributed by atoms with E-state index in [9.17, 15) is 8.42 Å². The van der Waals surface area contributed by atoms with E-state index in [2.05, 4.69) is 5.32 Å². The van der Waals surface area contributed by atoms with Crippen molar-refractivity contribution in [3.63, 3.8) is 0 Å². The van der Waals surface area contributed by atoms with Crippen molar-refractivity contribution in [3.05, 3.63) is 0 Å². The molecule has 1 aliphatic carbocycles. The smallest absolute Gasteiger partial charge is 0.217 e. The van der Waals surface area contributed by atoms with Crippen LogP contribution >= 0.6 is 0 Å². The summed E-state index contributed by atoms with van der Waals surface area (Å²) in [6, 6.07) is 0.294. The molecule has 1 heterocycles. The Morgan fingerprint density at radius 1 is 1.38 bits per heavy atom. The van der Waals surface area contributed by atoms with Crippen LogP contribution in [-0.2, 0) is 10.0 Å². The minimum atomic E-state index is -2.93. The summed E-state index contributed by atoms with van der Waals surface area (Å²) < 4.78 is 25.2. The Morgan fingerprint density at radius 3 is 2.62 bits per heavy atom. The Hall–Kier alpha value is -0.130. The molecule has 1 aliphatic heterocycles. The highest BCUT2D eigenvalue weighted by Crippen LogP contribution is 2.31. The zero-order valence-corrected chi connectivity index (χ0v) is 8.68. The summed E-state index contributed by atoms with van der Waals surface area (Å²) in [7, 11) is -2.93. The number of piperazine rings is 1. The number of sulfonamides is 1.